The number of anilines is 6. The van der Waals surface area contributed by atoms with Crippen molar-refractivity contribution in [1.29, 1.82) is 0 Å². The third-order valence-electron chi connectivity index (χ3n) is 11.9. The maximum Gasteiger partial charge on any atom is 0.160 e. The number of benzene rings is 10. The standard InChI is InChI=1S/C56H37N3O/c1-3-18-41(19-4-1)57(46-33-34-49-48-23-11-13-25-52(48)59(53(49)37-46)42-20-5-2-6-21-42)43-29-31-44(32-30-43)58(45-28-27-38-15-7-8-16-39(38)35-45)55-47-22-10-9-17-40(47)36-51-50-24-12-14-26-54(50)60-56(51)55/h1-37H. The average Bonchev–Trinajstić information content (AvgIpc) is 3.85. The molecule has 12 aromatic rings. The molecule has 0 fully saturated rings. The molecule has 0 saturated heterocycles. The van der Waals surface area contributed by atoms with E-state index in [1.165, 1.54) is 27.1 Å². The van der Waals surface area contributed by atoms with Gasteiger partial charge in [-0.3, -0.25) is 0 Å². The van der Waals surface area contributed by atoms with E-state index < -0.39 is 0 Å². The summed E-state index contributed by atoms with van der Waals surface area (Å²) in [6.07, 6.45) is 0. The zero-order valence-corrected chi connectivity index (χ0v) is 32.6. The van der Waals surface area contributed by atoms with E-state index in [4.69, 9.17) is 4.42 Å². The molecule has 0 saturated carbocycles. The summed E-state index contributed by atoms with van der Waals surface area (Å²) in [6.45, 7) is 0. The Morgan fingerprint density at radius 3 is 1.67 bits per heavy atom. The lowest BCUT2D eigenvalue weighted by Gasteiger charge is -2.29. The first-order valence-corrected chi connectivity index (χ1v) is 20.4. The predicted molar refractivity (Wildman–Crippen MR) is 252 cm³/mol. The minimum absolute atomic E-state index is 0.861. The lowest BCUT2D eigenvalue weighted by atomic mass is 10.0. The molecule has 282 valence electrons. The van der Waals surface area contributed by atoms with Gasteiger partial charge in [0.1, 0.15) is 5.58 Å². The van der Waals surface area contributed by atoms with Gasteiger partial charge in [0, 0.05) is 61.1 Å². The maximum absolute atomic E-state index is 6.83. The van der Waals surface area contributed by atoms with Gasteiger partial charge < -0.3 is 18.8 Å². The van der Waals surface area contributed by atoms with Crippen LogP contribution in [0.5, 0.6) is 0 Å². The molecule has 4 heteroatoms. The molecule has 0 N–H and O–H groups in total. The average molecular weight is 768 g/mol. The fourth-order valence-corrected chi connectivity index (χ4v) is 9.17. The zero-order chi connectivity index (χ0) is 39.6. The molecule has 0 radical (unpaired) electrons. The third kappa shape index (κ3) is 5.46. The normalized spacial score (nSPS) is 11.7. The Labute approximate surface area is 347 Å². The number of furan rings is 1. The molecule has 60 heavy (non-hydrogen) atoms. The van der Waals surface area contributed by atoms with Crippen LogP contribution in [0.15, 0.2) is 229 Å². The number of hydrogen-bond acceptors (Lipinski definition) is 3. The highest BCUT2D eigenvalue weighted by molar-refractivity contribution is 6.19. The molecule has 2 heterocycles. The lowest BCUT2D eigenvalue weighted by molar-refractivity contribution is 0.669. The van der Waals surface area contributed by atoms with E-state index in [-0.39, 0.29) is 0 Å². The van der Waals surface area contributed by atoms with Crippen LogP contribution >= 0.6 is 0 Å². The highest BCUT2D eigenvalue weighted by Gasteiger charge is 2.24. The summed E-state index contributed by atoms with van der Waals surface area (Å²) in [7, 11) is 0. The highest BCUT2D eigenvalue weighted by Crippen LogP contribution is 2.48. The van der Waals surface area contributed by atoms with Crippen molar-refractivity contribution < 1.29 is 4.42 Å². The second kappa shape index (κ2) is 13.8. The van der Waals surface area contributed by atoms with E-state index in [1.54, 1.807) is 0 Å². The number of aromatic nitrogens is 1. The molecule has 0 atom stereocenters. The van der Waals surface area contributed by atoms with Crippen molar-refractivity contribution in [3.63, 3.8) is 0 Å². The van der Waals surface area contributed by atoms with Crippen LogP contribution in [0.3, 0.4) is 0 Å². The summed E-state index contributed by atoms with van der Waals surface area (Å²) in [5.74, 6) is 0. The van der Waals surface area contributed by atoms with E-state index in [9.17, 15) is 0 Å². The van der Waals surface area contributed by atoms with Crippen LogP contribution in [0.25, 0.3) is 71.0 Å². The molecule has 2 aromatic heterocycles. The summed E-state index contributed by atoms with van der Waals surface area (Å²) in [5, 5.41) is 9.32. The van der Waals surface area contributed by atoms with Crippen molar-refractivity contribution in [2.45, 2.75) is 0 Å². The predicted octanol–water partition coefficient (Wildman–Crippen LogP) is 15.9. The molecule has 0 aliphatic rings. The summed E-state index contributed by atoms with van der Waals surface area (Å²) in [6, 6.07) is 80.4. The molecule has 10 aromatic carbocycles. The van der Waals surface area contributed by atoms with Gasteiger partial charge in [-0.25, -0.2) is 0 Å². The fraction of sp³-hybridized carbons (Fsp3) is 0. The highest BCUT2D eigenvalue weighted by atomic mass is 16.3. The minimum Gasteiger partial charge on any atom is -0.454 e. The Morgan fingerprint density at radius 1 is 0.317 bits per heavy atom. The quantitative estimate of drug-likeness (QED) is 0.161. The first-order chi connectivity index (χ1) is 29.8. The number of fused-ring (bicyclic) bond motifs is 8. The minimum atomic E-state index is 0.861. The molecule has 0 spiro atoms. The Hall–Kier alpha value is -8.08. The Kier molecular flexibility index (Phi) is 7.82. The van der Waals surface area contributed by atoms with E-state index in [2.05, 4.69) is 233 Å². The van der Waals surface area contributed by atoms with E-state index >= 15 is 0 Å². The van der Waals surface area contributed by atoms with E-state index in [0.717, 1.165) is 78.0 Å². The van der Waals surface area contributed by atoms with E-state index in [1.807, 2.05) is 6.07 Å². The molecular weight excluding hydrogens is 731 g/mol. The van der Waals surface area contributed by atoms with Crippen LogP contribution in [-0.4, -0.2) is 4.57 Å². The molecule has 0 unspecified atom stereocenters. The fourth-order valence-electron chi connectivity index (χ4n) is 9.17. The number of para-hydroxylation sites is 4. The van der Waals surface area contributed by atoms with Gasteiger partial charge in [0.25, 0.3) is 0 Å². The van der Waals surface area contributed by atoms with E-state index in [0.29, 0.717) is 0 Å². The maximum atomic E-state index is 6.83. The summed E-state index contributed by atoms with van der Waals surface area (Å²) >= 11 is 0. The number of rotatable bonds is 7. The van der Waals surface area contributed by atoms with Crippen molar-refractivity contribution >= 4 is 99.4 Å². The Morgan fingerprint density at radius 2 is 0.867 bits per heavy atom. The van der Waals surface area contributed by atoms with Crippen LogP contribution in [0.2, 0.25) is 0 Å². The van der Waals surface area contributed by atoms with Gasteiger partial charge in [-0.1, -0.05) is 133 Å². The molecule has 0 aliphatic heterocycles. The van der Waals surface area contributed by atoms with Crippen LogP contribution in [-0.2, 0) is 0 Å². The van der Waals surface area contributed by atoms with Crippen LogP contribution in [0.4, 0.5) is 34.1 Å². The second-order valence-electron chi connectivity index (χ2n) is 15.4. The van der Waals surface area contributed by atoms with Crippen LogP contribution in [0.1, 0.15) is 0 Å². The zero-order valence-electron chi connectivity index (χ0n) is 32.6. The van der Waals surface area contributed by atoms with Crippen molar-refractivity contribution in [2.24, 2.45) is 0 Å². The SMILES string of the molecule is c1ccc(N(c2ccc(N(c3ccc4ccccc4c3)c3c4ccccc4cc4c3oc3ccccc34)cc2)c2ccc3c4ccccc4n(-c4ccccc4)c3c2)cc1. The van der Waals surface area contributed by atoms with Gasteiger partial charge in [-0.2, -0.15) is 0 Å². The van der Waals surface area contributed by atoms with Gasteiger partial charge >= 0.3 is 0 Å². The van der Waals surface area contributed by atoms with Crippen molar-refractivity contribution in [3.8, 4) is 5.69 Å². The number of hydrogen-bond donors (Lipinski definition) is 0. The summed E-state index contributed by atoms with van der Waals surface area (Å²) < 4.78 is 9.21. The van der Waals surface area contributed by atoms with Gasteiger partial charge in [0.2, 0.25) is 0 Å². The van der Waals surface area contributed by atoms with Crippen LogP contribution < -0.4 is 9.80 Å². The first kappa shape index (κ1) is 34.0. The van der Waals surface area contributed by atoms with Crippen LogP contribution in [0, 0.1) is 0 Å². The Balaban J connectivity index is 1.07. The molecule has 4 nitrogen and oxygen atoms in total. The van der Waals surface area contributed by atoms with Crippen molar-refractivity contribution in [2.75, 3.05) is 9.80 Å². The smallest absolute Gasteiger partial charge is 0.160 e. The molecule has 0 bridgehead atoms. The lowest BCUT2D eigenvalue weighted by Crippen LogP contribution is -2.13. The van der Waals surface area contributed by atoms with Gasteiger partial charge in [0.05, 0.1) is 16.7 Å². The molecule has 0 amide bonds. The van der Waals surface area contributed by atoms with Gasteiger partial charge in [-0.15, -0.1) is 0 Å². The largest absolute Gasteiger partial charge is 0.454 e. The van der Waals surface area contributed by atoms with Gasteiger partial charge in [-0.05, 0) is 107 Å². The molecular formula is C56H37N3O. The van der Waals surface area contributed by atoms with Gasteiger partial charge in [0.15, 0.2) is 5.58 Å². The Bertz CT molecular complexity index is 3550. The third-order valence-corrected chi connectivity index (χ3v) is 11.9. The summed E-state index contributed by atoms with van der Waals surface area (Å²) in [4.78, 5) is 4.73. The second-order valence-corrected chi connectivity index (χ2v) is 15.4. The molecule has 0 aliphatic carbocycles. The summed E-state index contributed by atoms with van der Waals surface area (Å²) in [5.41, 5.74) is 11.5. The number of nitrogens with zero attached hydrogens (tertiary/aromatic N) is 3. The van der Waals surface area contributed by atoms with Crippen molar-refractivity contribution in [3.05, 3.63) is 224 Å². The first-order valence-electron chi connectivity index (χ1n) is 20.4. The molecule has 12 rings (SSSR count). The topological polar surface area (TPSA) is 24.6 Å². The monoisotopic (exact) mass is 767 g/mol. The van der Waals surface area contributed by atoms with Crippen molar-refractivity contribution in [1.82, 2.24) is 4.57 Å².